The average Bonchev–Trinajstić information content (AvgIpc) is 2.75. The van der Waals surface area contributed by atoms with Crippen LogP contribution in [0.25, 0.3) is 0 Å². The Kier molecular flexibility index (Phi) is 3.73. The Labute approximate surface area is 106 Å². The number of furan rings is 1. The molecule has 5 heteroatoms. The fraction of sp³-hybridized carbons (Fsp3) is 0.615. The monoisotopic (exact) mass is 253 g/mol. The van der Waals surface area contributed by atoms with E-state index >= 15 is 0 Å². The van der Waals surface area contributed by atoms with Crippen molar-refractivity contribution in [2.45, 2.75) is 39.0 Å². The van der Waals surface area contributed by atoms with Crippen LogP contribution < -0.4 is 0 Å². The number of carboxylic acid groups (broad SMARTS) is 1. The standard InChI is InChI=1S/C13H19NO4/c1-8-6-14(7-9(2)17-8)10(3)11-4-5-12(18-11)13(15)16/h4-5,8-10H,6-7H2,1-3H3,(H,15,16)/t8-,9+,10?. The average molecular weight is 253 g/mol. The van der Waals surface area contributed by atoms with E-state index in [1.165, 1.54) is 6.07 Å². The molecule has 5 nitrogen and oxygen atoms in total. The SMILES string of the molecule is CC(c1ccc(C(=O)O)o1)N1C[C@@H](C)O[C@@H](C)C1. The lowest BCUT2D eigenvalue weighted by molar-refractivity contribution is -0.0809. The number of rotatable bonds is 3. The van der Waals surface area contributed by atoms with Gasteiger partial charge in [0.05, 0.1) is 18.2 Å². The Morgan fingerprint density at radius 2 is 2.00 bits per heavy atom. The molecule has 1 saturated heterocycles. The molecule has 0 spiro atoms. The van der Waals surface area contributed by atoms with E-state index in [1.54, 1.807) is 6.07 Å². The van der Waals surface area contributed by atoms with Crippen LogP contribution in [-0.4, -0.2) is 41.3 Å². The lowest BCUT2D eigenvalue weighted by Gasteiger charge is -2.38. The highest BCUT2D eigenvalue weighted by molar-refractivity contribution is 5.84. The molecule has 0 radical (unpaired) electrons. The van der Waals surface area contributed by atoms with E-state index in [1.807, 2.05) is 20.8 Å². The normalized spacial score (nSPS) is 27.1. The third-order valence-corrected chi connectivity index (χ3v) is 3.24. The molecule has 3 atom stereocenters. The molecule has 0 bridgehead atoms. The van der Waals surface area contributed by atoms with Crippen LogP contribution in [0, 0.1) is 0 Å². The number of ether oxygens (including phenoxy) is 1. The molecule has 1 fully saturated rings. The fourth-order valence-electron chi connectivity index (χ4n) is 2.41. The van der Waals surface area contributed by atoms with Gasteiger partial charge in [0, 0.05) is 13.1 Å². The lowest BCUT2D eigenvalue weighted by Crippen LogP contribution is -2.46. The lowest BCUT2D eigenvalue weighted by atomic mass is 10.1. The predicted octanol–water partition coefficient (Wildman–Crippen LogP) is 2.15. The molecule has 0 saturated carbocycles. The van der Waals surface area contributed by atoms with Gasteiger partial charge in [0.1, 0.15) is 5.76 Å². The van der Waals surface area contributed by atoms with Gasteiger partial charge < -0.3 is 14.3 Å². The minimum atomic E-state index is -1.03. The van der Waals surface area contributed by atoms with Crippen molar-refractivity contribution >= 4 is 5.97 Å². The highest BCUT2D eigenvalue weighted by Crippen LogP contribution is 2.25. The molecule has 1 aliphatic heterocycles. The second kappa shape index (κ2) is 5.12. The van der Waals surface area contributed by atoms with Gasteiger partial charge in [0.25, 0.3) is 0 Å². The maximum Gasteiger partial charge on any atom is 0.371 e. The van der Waals surface area contributed by atoms with E-state index in [9.17, 15) is 4.79 Å². The third-order valence-electron chi connectivity index (χ3n) is 3.24. The van der Waals surface area contributed by atoms with Crippen molar-refractivity contribution in [3.63, 3.8) is 0 Å². The highest BCUT2D eigenvalue weighted by atomic mass is 16.5. The fourth-order valence-corrected chi connectivity index (χ4v) is 2.41. The van der Waals surface area contributed by atoms with Gasteiger partial charge >= 0.3 is 5.97 Å². The summed E-state index contributed by atoms with van der Waals surface area (Å²) in [5.41, 5.74) is 0. The molecule has 1 unspecified atom stereocenters. The minimum absolute atomic E-state index is 0.00814. The van der Waals surface area contributed by atoms with Crippen molar-refractivity contribution in [1.82, 2.24) is 4.90 Å². The van der Waals surface area contributed by atoms with Crippen molar-refractivity contribution in [2.24, 2.45) is 0 Å². The molecule has 2 heterocycles. The quantitative estimate of drug-likeness (QED) is 0.894. The Morgan fingerprint density at radius 1 is 1.39 bits per heavy atom. The summed E-state index contributed by atoms with van der Waals surface area (Å²) in [6, 6.07) is 3.30. The molecule has 2 rings (SSSR count). The Morgan fingerprint density at radius 3 is 2.50 bits per heavy atom. The van der Waals surface area contributed by atoms with E-state index in [0.717, 1.165) is 13.1 Å². The first-order valence-electron chi connectivity index (χ1n) is 6.20. The van der Waals surface area contributed by atoms with E-state index in [0.29, 0.717) is 5.76 Å². The summed E-state index contributed by atoms with van der Waals surface area (Å²) >= 11 is 0. The number of hydrogen-bond acceptors (Lipinski definition) is 4. The zero-order chi connectivity index (χ0) is 13.3. The van der Waals surface area contributed by atoms with Crippen molar-refractivity contribution in [3.8, 4) is 0 Å². The van der Waals surface area contributed by atoms with Gasteiger partial charge in [-0.25, -0.2) is 4.79 Å². The molecule has 1 aromatic rings. The van der Waals surface area contributed by atoms with E-state index in [2.05, 4.69) is 4.90 Å². The van der Waals surface area contributed by atoms with Gasteiger partial charge in [0.15, 0.2) is 0 Å². The molecular weight excluding hydrogens is 234 g/mol. The van der Waals surface area contributed by atoms with Crippen LogP contribution in [-0.2, 0) is 4.74 Å². The number of aromatic carboxylic acids is 1. The van der Waals surface area contributed by atoms with Gasteiger partial charge in [-0.1, -0.05) is 0 Å². The van der Waals surface area contributed by atoms with Crippen LogP contribution >= 0.6 is 0 Å². The zero-order valence-electron chi connectivity index (χ0n) is 10.9. The summed E-state index contributed by atoms with van der Waals surface area (Å²) < 4.78 is 11.0. The molecular formula is C13H19NO4. The van der Waals surface area contributed by atoms with E-state index in [4.69, 9.17) is 14.3 Å². The Bertz CT molecular complexity index is 418. The molecule has 0 aliphatic carbocycles. The first kappa shape index (κ1) is 13.1. The summed E-state index contributed by atoms with van der Waals surface area (Å²) in [5.74, 6) is -0.350. The summed E-state index contributed by atoms with van der Waals surface area (Å²) in [7, 11) is 0. The van der Waals surface area contributed by atoms with Crippen molar-refractivity contribution in [1.29, 1.82) is 0 Å². The Balaban J connectivity index is 2.09. The van der Waals surface area contributed by atoms with Crippen LogP contribution in [0.3, 0.4) is 0 Å². The van der Waals surface area contributed by atoms with Crippen LogP contribution in [0.4, 0.5) is 0 Å². The van der Waals surface area contributed by atoms with Crippen molar-refractivity contribution in [2.75, 3.05) is 13.1 Å². The molecule has 100 valence electrons. The van der Waals surface area contributed by atoms with Gasteiger partial charge in [-0.2, -0.15) is 0 Å². The van der Waals surface area contributed by atoms with Crippen molar-refractivity contribution in [3.05, 3.63) is 23.7 Å². The molecule has 0 amide bonds. The van der Waals surface area contributed by atoms with Crippen molar-refractivity contribution < 1.29 is 19.1 Å². The van der Waals surface area contributed by atoms with E-state index < -0.39 is 5.97 Å². The number of carboxylic acids is 1. The molecule has 1 aliphatic rings. The predicted molar refractivity (Wildman–Crippen MR) is 65.7 cm³/mol. The summed E-state index contributed by atoms with van der Waals surface area (Å²) in [6.45, 7) is 7.76. The highest BCUT2D eigenvalue weighted by Gasteiger charge is 2.28. The molecule has 1 N–H and O–H groups in total. The molecule has 0 aromatic carbocycles. The largest absolute Gasteiger partial charge is 0.475 e. The zero-order valence-corrected chi connectivity index (χ0v) is 10.9. The second-order valence-corrected chi connectivity index (χ2v) is 4.89. The molecule has 18 heavy (non-hydrogen) atoms. The summed E-state index contributed by atoms with van der Waals surface area (Å²) in [5, 5.41) is 8.85. The number of carbonyl (C=O) groups is 1. The maximum absolute atomic E-state index is 10.8. The first-order chi connectivity index (χ1) is 8.47. The second-order valence-electron chi connectivity index (χ2n) is 4.89. The number of morpholine rings is 1. The first-order valence-corrected chi connectivity index (χ1v) is 6.20. The molecule has 1 aromatic heterocycles. The van der Waals surface area contributed by atoms with Crippen LogP contribution in [0.5, 0.6) is 0 Å². The Hall–Kier alpha value is -1.33. The van der Waals surface area contributed by atoms with Crippen LogP contribution in [0.15, 0.2) is 16.5 Å². The maximum atomic E-state index is 10.8. The van der Waals surface area contributed by atoms with Gasteiger partial charge in [-0.05, 0) is 32.9 Å². The van der Waals surface area contributed by atoms with Gasteiger partial charge in [-0.3, -0.25) is 4.90 Å². The van der Waals surface area contributed by atoms with Gasteiger partial charge in [0.2, 0.25) is 5.76 Å². The van der Waals surface area contributed by atoms with Crippen LogP contribution in [0.2, 0.25) is 0 Å². The summed E-state index contributed by atoms with van der Waals surface area (Å²) in [6.07, 6.45) is 0.371. The smallest absolute Gasteiger partial charge is 0.371 e. The van der Waals surface area contributed by atoms with E-state index in [-0.39, 0.29) is 24.0 Å². The number of nitrogens with zero attached hydrogens (tertiary/aromatic N) is 1. The van der Waals surface area contributed by atoms with Crippen LogP contribution in [0.1, 0.15) is 43.1 Å². The topological polar surface area (TPSA) is 62.9 Å². The van der Waals surface area contributed by atoms with Gasteiger partial charge in [-0.15, -0.1) is 0 Å². The third kappa shape index (κ3) is 2.73. The minimum Gasteiger partial charge on any atom is -0.475 e. The number of hydrogen-bond donors (Lipinski definition) is 1. The summed E-state index contributed by atoms with van der Waals surface area (Å²) in [4.78, 5) is 13.0.